The third-order valence-corrected chi connectivity index (χ3v) is 8.60. The SMILES string of the molecule is COc1ccccc1CNC(=O)C[C@@H]1N=C2c3ccccc3N=C(SCC(=O)N3CCN(c4ccccc4)CC3)N2C1=O. The van der Waals surface area contributed by atoms with Crippen molar-refractivity contribution in [3.63, 3.8) is 0 Å². The first-order valence-electron chi connectivity index (χ1n) is 14.2. The van der Waals surface area contributed by atoms with E-state index < -0.39 is 6.04 Å². The molecule has 6 rings (SSSR count). The van der Waals surface area contributed by atoms with Crippen LogP contribution in [-0.4, -0.2) is 83.6 Å². The number of para-hydroxylation sites is 3. The first-order valence-corrected chi connectivity index (χ1v) is 15.2. The van der Waals surface area contributed by atoms with Gasteiger partial charge in [-0.2, -0.15) is 0 Å². The van der Waals surface area contributed by atoms with Crippen molar-refractivity contribution in [2.24, 2.45) is 9.98 Å². The molecule has 10 nitrogen and oxygen atoms in total. The predicted molar refractivity (Wildman–Crippen MR) is 168 cm³/mol. The number of nitrogens with one attached hydrogen (secondary N) is 1. The number of aliphatic imine (C=N–C) groups is 2. The molecular weight excluding hydrogens is 564 g/mol. The third-order valence-electron chi connectivity index (χ3n) is 7.67. The molecule has 0 aliphatic carbocycles. The number of fused-ring (bicyclic) bond motifs is 3. The summed E-state index contributed by atoms with van der Waals surface area (Å²) in [5.74, 6) is 0.665. The summed E-state index contributed by atoms with van der Waals surface area (Å²) in [5, 5.41) is 3.27. The second kappa shape index (κ2) is 12.7. The molecule has 3 heterocycles. The molecule has 1 atom stereocenters. The summed E-state index contributed by atoms with van der Waals surface area (Å²) < 4.78 is 5.36. The number of amidine groups is 2. The molecule has 220 valence electrons. The van der Waals surface area contributed by atoms with Crippen molar-refractivity contribution in [1.82, 2.24) is 15.1 Å². The van der Waals surface area contributed by atoms with E-state index in [1.165, 1.54) is 16.7 Å². The Morgan fingerprint density at radius 2 is 1.67 bits per heavy atom. The van der Waals surface area contributed by atoms with Crippen LogP contribution in [0.15, 0.2) is 88.8 Å². The average Bonchev–Trinajstić information content (AvgIpc) is 3.38. The molecule has 1 saturated heterocycles. The smallest absolute Gasteiger partial charge is 0.259 e. The van der Waals surface area contributed by atoms with Gasteiger partial charge in [0.25, 0.3) is 5.91 Å². The quantitative estimate of drug-likeness (QED) is 0.427. The number of nitrogens with zero attached hydrogens (tertiary/aromatic N) is 5. The second-order valence-corrected chi connectivity index (χ2v) is 11.3. The molecular formula is C32H32N6O4S. The number of carbonyl (C=O) groups is 3. The molecule has 11 heteroatoms. The number of carbonyl (C=O) groups excluding carboxylic acids is 3. The van der Waals surface area contributed by atoms with Crippen molar-refractivity contribution >= 4 is 51.9 Å². The molecule has 0 saturated carbocycles. The Morgan fingerprint density at radius 1 is 0.953 bits per heavy atom. The Kier molecular flexibility index (Phi) is 8.41. The highest BCUT2D eigenvalue weighted by Gasteiger charge is 2.42. The lowest BCUT2D eigenvalue weighted by molar-refractivity contribution is -0.129. The van der Waals surface area contributed by atoms with E-state index in [-0.39, 0.29) is 36.4 Å². The van der Waals surface area contributed by atoms with Gasteiger partial charge in [-0.25, -0.2) is 9.89 Å². The maximum Gasteiger partial charge on any atom is 0.259 e. The fourth-order valence-electron chi connectivity index (χ4n) is 5.39. The number of rotatable bonds is 8. The zero-order valence-corrected chi connectivity index (χ0v) is 24.6. The number of anilines is 1. The van der Waals surface area contributed by atoms with Crippen molar-refractivity contribution in [2.45, 2.75) is 19.0 Å². The highest BCUT2D eigenvalue weighted by Crippen LogP contribution is 2.34. The van der Waals surface area contributed by atoms with Gasteiger partial charge in [-0.15, -0.1) is 0 Å². The minimum absolute atomic E-state index is 0.00308. The van der Waals surface area contributed by atoms with Gasteiger partial charge in [0.05, 0.1) is 25.0 Å². The van der Waals surface area contributed by atoms with E-state index in [4.69, 9.17) is 9.73 Å². The van der Waals surface area contributed by atoms with E-state index in [2.05, 4.69) is 27.3 Å². The molecule has 43 heavy (non-hydrogen) atoms. The van der Waals surface area contributed by atoms with Crippen LogP contribution in [0.4, 0.5) is 11.4 Å². The number of piperazine rings is 1. The molecule has 3 aliphatic heterocycles. The van der Waals surface area contributed by atoms with Gasteiger partial charge in [0.2, 0.25) is 11.8 Å². The van der Waals surface area contributed by atoms with Crippen LogP contribution in [-0.2, 0) is 20.9 Å². The Labute approximate surface area is 254 Å². The van der Waals surface area contributed by atoms with Gasteiger partial charge in [0.15, 0.2) is 5.17 Å². The van der Waals surface area contributed by atoms with Crippen LogP contribution in [0.2, 0.25) is 0 Å². The van der Waals surface area contributed by atoms with Crippen LogP contribution in [0.3, 0.4) is 0 Å². The van der Waals surface area contributed by atoms with Gasteiger partial charge < -0.3 is 19.9 Å². The van der Waals surface area contributed by atoms with E-state index >= 15 is 0 Å². The Bertz CT molecular complexity index is 1590. The van der Waals surface area contributed by atoms with Crippen molar-refractivity contribution in [2.75, 3.05) is 43.9 Å². The van der Waals surface area contributed by atoms with Crippen LogP contribution in [0.1, 0.15) is 17.5 Å². The molecule has 0 bridgehead atoms. The van der Waals surface area contributed by atoms with Crippen molar-refractivity contribution in [1.29, 1.82) is 0 Å². The molecule has 0 spiro atoms. The average molecular weight is 597 g/mol. The molecule has 1 fully saturated rings. The normalized spacial score (nSPS) is 17.6. The summed E-state index contributed by atoms with van der Waals surface area (Å²) >= 11 is 1.23. The summed E-state index contributed by atoms with van der Waals surface area (Å²) in [5.41, 5.74) is 3.39. The molecule has 3 aromatic carbocycles. The molecule has 3 aliphatic rings. The Balaban J connectivity index is 1.10. The van der Waals surface area contributed by atoms with Gasteiger partial charge in [-0.1, -0.05) is 60.3 Å². The van der Waals surface area contributed by atoms with Crippen LogP contribution in [0.25, 0.3) is 0 Å². The first kappa shape index (κ1) is 28.5. The fourth-order valence-corrected chi connectivity index (χ4v) is 6.30. The summed E-state index contributed by atoms with van der Waals surface area (Å²) in [6.45, 7) is 3.06. The number of methoxy groups -OCH3 is 1. The molecule has 1 N–H and O–H groups in total. The number of thioether (sulfide) groups is 1. The van der Waals surface area contributed by atoms with Crippen molar-refractivity contribution < 1.29 is 19.1 Å². The van der Waals surface area contributed by atoms with E-state index in [0.29, 0.717) is 35.5 Å². The minimum Gasteiger partial charge on any atom is -0.496 e. The second-order valence-electron chi connectivity index (χ2n) is 10.3. The van der Waals surface area contributed by atoms with E-state index in [1.807, 2.05) is 71.6 Å². The fraction of sp³-hybridized carbons (Fsp3) is 0.281. The zero-order valence-electron chi connectivity index (χ0n) is 23.8. The highest BCUT2D eigenvalue weighted by atomic mass is 32.2. The number of amides is 3. The third kappa shape index (κ3) is 6.12. The lowest BCUT2D eigenvalue weighted by Crippen LogP contribution is -2.49. The number of benzene rings is 3. The largest absolute Gasteiger partial charge is 0.496 e. The monoisotopic (exact) mass is 596 g/mol. The Hall–Kier alpha value is -4.64. The molecule has 0 unspecified atom stereocenters. The topological polar surface area (TPSA) is 107 Å². The van der Waals surface area contributed by atoms with Crippen LogP contribution < -0.4 is 15.0 Å². The van der Waals surface area contributed by atoms with Gasteiger partial charge in [-0.3, -0.25) is 19.4 Å². The van der Waals surface area contributed by atoms with E-state index in [0.717, 1.165) is 29.9 Å². The summed E-state index contributed by atoms with van der Waals surface area (Å²) in [7, 11) is 1.58. The van der Waals surface area contributed by atoms with Crippen molar-refractivity contribution in [3.05, 3.63) is 90.0 Å². The molecule has 3 amide bonds. The van der Waals surface area contributed by atoms with Crippen LogP contribution >= 0.6 is 11.8 Å². The van der Waals surface area contributed by atoms with Crippen LogP contribution in [0.5, 0.6) is 5.75 Å². The zero-order chi connectivity index (χ0) is 29.8. The first-order chi connectivity index (χ1) is 21.0. The summed E-state index contributed by atoms with van der Waals surface area (Å²) in [4.78, 5) is 54.7. The summed E-state index contributed by atoms with van der Waals surface area (Å²) in [6.07, 6.45) is -0.0985. The van der Waals surface area contributed by atoms with E-state index in [1.54, 1.807) is 7.11 Å². The van der Waals surface area contributed by atoms with Gasteiger partial charge in [0.1, 0.15) is 17.6 Å². The Morgan fingerprint density at radius 3 is 2.47 bits per heavy atom. The number of hydrogen-bond donors (Lipinski definition) is 1. The predicted octanol–water partition coefficient (Wildman–Crippen LogP) is 3.44. The summed E-state index contributed by atoms with van der Waals surface area (Å²) in [6, 6.07) is 24.2. The number of ether oxygens (including phenoxy) is 1. The standard InChI is InChI=1S/C32H32N6O4S/c1-42-27-14-8-5-9-22(27)20-33-28(39)19-26-31(41)38-30(34-26)24-12-6-7-13-25(24)35-32(38)43-21-29(40)37-17-15-36(16-18-37)23-10-3-2-4-11-23/h2-14,26H,15-21H2,1H3,(H,33,39)/t26-/m0/s1. The van der Waals surface area contributed by atoms with Crippen LogP contribution in [0, 0.1) is 0 Å². The van der Waals surface area contributed by atoms with E-state index in [9.17, 15) is 14.4 Å². The maximum absolute atomic E-state index is 13.6. The van der Waals surface area contributed by atoms with Gasteiger partial charge in [-0.05, 0) is 30.3 Å². The van der Waals surface area contributed by atoms with Crippen molar-refractivity contribution in [3.8, 4) is 5.75 Å². The maximum atomic E-state index is 13.6. The molecule has 3 aromatic rings. The van der Waals surface area contributed by atoms with Gasteiger partial charge in [0, 0.05) is 49.5 Å². The highest BCUT2D eigenvalue weighted by molar-refractivity contribution is 8.14. The minimum atomic E-state index is -0.883. The lowest BCUT2D eigenvalue weighted by Gasteiger charge is -2.36. The van der Waals surface area contributed by atoms with Gasteiger partial charge >= 0.3 is 0 Å². The molecule has 0 aromatic heterocycles. The number of hydrogen-bond acceptors (Lipinski definition) is 8. The lowest BCUT2D eigenvalue weighted by atomic mass is 10.1. The molecule has 0 radical (unpaired) electrons.